The quantitative estimate of drug-likeness (QED) is 0.482. The van der Waals surface area contributed by atoms with Crippen molar-refractivity contribution in [3.63, 3.8) is 0 Å². The van der Waals surface area contributed by atoms with Crippen LogP contribution in [0.3, 0.4) is 0 Å². The summed E-state index contributed by atoms with van der Waals surface area (Å²) in [5.74, 6) is -1.54. The zero-order valence-electron chi connectivity index (χ0n) is 15.2. The fraction of sp³-hybridized carbons (Fsp3) is 0.273. The van der Waals surface area contributed by atoms with Gasteiger partial charge in [-0.15, -0.1) is 0 Å². The van der Waals surface area contributed by atoms with Gasteiger partial charge in [-0.2, -0.15) is 0 Å². The Kier molecular flexibility index (Phi) is 5.20. The summed E-state index contributed by atoms with van der Waals surface area (Å²) in [7, 11) is 0. The molecule has 2 heterocycles. The largest absolute Gasteiger partial charge is 0.507 e. The minimum Gasteiger partial charge on any atom is -0.507 e. The molecule has 0 saturated carbocycles. The number of nitrogens with zero attached hydrogens (tertiary/aromatic N) is 1. The molecular formula is C22H20ClNO4. The number of aliphatic hydroxyl groups excluding tert-OH is 1. The second kappa shape index (κ2) is 7.78. The number of amides is 1. The Morgan fingerprint density at radius 1 is 1.11 bits per heavy atom. The van der Waals surface area contributed by atoms with E-state index in [1.165, 1.54) is 4.90 Å². The van der Waals surface area contributed by atoms with Crippen molar-refractivity contribution in [1.82, 2.24) is 4.90 Å². The first-order valence-corrected chi connectivity index (χ1v) is 9.65. The first-order valence-electron chi connectivity index (χ1n) is 9.28. The molecular weight excluding hydrogens is 378 g/mol. The van der Waals surface area contributed by atoms with Crippen molar-refractivity contribution in [2.24, 2.45) is 0 Å². The predicted octanol–water partition coefficient (Wildman–Crippen LogP) is 3.94. The number of benzene rings is 2. The molecule has 28 heavy (non-hydrogen) atoms. The minimum atomic E-state index is -0.752. The Morgan fingerprint density at radius 3 is 2.50 bits per heavy atom. The molecule has 0 radical (unpaired) electrons. The number of hydrogen-bond donors (Lipinski definition) is 1. The molecule has 4 rings (SSSR count). The fourth-order valence-corrected chi connectivity index (χ4v) is 4.09. The minimum absolute atomic E-state index is 0.0577. The highest BCUT2D eigenvalue weighted by Gasteiger charge is 2.47. The molecule has 2 saturated heterocycles. The molecule has 0 aliphatic carbocycles. The van der Waals surface area contributed by atoms with Crippen LogP contribution in [0.4, 0.5) is 0 Å². The van der Waals surface area contributed by atoms with Crippen LogP contribution in [0.25, 0.3) is 5.76 Å². The lowest BCUT2D eigenvalue weighted by atomic mass is 9.95. The molecule has 2 unspecified atom stereocenters. The molecule has 1 N–H and O–H groups in total. The van der Waals surface area contributed by atoms with Crippen LogP contribution in [0.5, 0.6) is 0 Å². The van der Waals surface area contributed by atoms with Crippen LogP contribution in [0.15, 0.2) is 60.2 Å². The summed E-state index contributed by atoms with van der Waals surface area (Å²) in [6, 6.07) is 15.1. The van der Waals surface area contributed by atoms with Gasteiger partial charge in [-0.3, -0.25) is 9.59 Å². The lowest BCUT2D eigenvalue weighted by Gasteiger charge is -2.28. The average molecular weight is 398 g/mol. The van der Waals surface area contributed by atoms with E-state index < -0.39 is 17.7 Å². The lowest BCUT2D eigenvalue weighted by Crippen LogP contribution is -2.36. The van der Waals surface area contributed by atoms with E-state index >= 15 is 0 Å². The molecule has 0 aromatic heterocycles. The molecule has 2 aromatic carbocycles. The highest BCUT2D eigenvalue weighted by atomic mass is 35.5. The number of carbonyl (C=O) groups excluding carboxylic acids is 2. The molecule has 5 nitrogen and oxygen atoms in total. The first kappa shape index (κ1) is 18.7. The monoisotopic (exact) mass is 397 g/mol. The summed E-state index contributed by atoms with van der Waals surface area (Å²) < 4.78 is 5.68. The number of aliphatic hydroxyl groups is 1. The average Bonchev–Trinajstić information content (AvgIpc) is 3.31. The van der Waals surface area contributed by atoms with Crippen LogP contribution in [-0.2, 0) is 14.3 Å². The third kappa shape index (κ3) is 3.32. The van der Waals surface area contributed by atoms with Gasteiger partial charge < -0.3 is 14.7 Å². The summed E-state index contributed by atoms with van der Waals surface area (Å²) in [6.07, 6.45) is 1.63. The van der Waals surface area contributed by atoms with Gasteiger partial charge in [0.15, 0.2) is 0 Å². The smallest absolute Gasteiger partial charge is 0.295 e. The normalized spacial score (nSPS) is 24.1. The second-order valence-corrected chi connectivity index (χ2v) is 7.38. The number of rotatable bonds is 4. The lowest BCUT2D eigenvalue weighted by molar-refractivity contribution is -0.140. The van der Waals surface area contributed by atoms with Gasteiger partial charge in [0.2, 0.25) is 0 Å². The highest BCUT2D eigenvalue weighted by molar-refractivity contribution is 6.47. The van der Waals surface area contributed by atoms with E-state index in [0.29, 0.717) is 22.8 Å². The van der Waals surface area contributed by atoms with Crippen molar-refractivity contribution >= 4 is 29.1 Å². The van der Waals surface area contributed by atoms with E-state index in [1.807, 2.05) is 6.07 Å². The summed E-state index contributed by atoms with van der Waals surface area (Å²) >= 11 is 6.41. The number of carbonyl (C=O) groups is 2. The summed E-state index contributed by atoms with van der Waals surface area (Å²) in [4.78, 5) is 27.3. The molecule has 2 aliphatic rings. The fourth-order valence-electron chi connectivity index (χ4n) is 3.85. The number of hydrogen-bond acceptors (Lipinski definition) is 4. The van der Waals surface area contributed by atoms with Crippen LogP contribution in [0.2, 0.25) is 5.02 Å². The van der Waals surface area contributed by atoms with Gasteiger partial charge in [-0.1, -0.05) is 60.1 Å². The molecule has 0 bridgehead atoms. The maximum absolute atomic E-state index is 12.9. The second-order valence-electron chi connectivity index (χ2n) is 6.97. The Hall–Kier alpha value is -2.63. The van der Waals surface area contributed by atoms with Crippen molar-refractivity contribution in [3.8, 4) is 0 Å². The molecule has 144 valence electrons. The molecule has 0 spiro atoms. The van der Waals surface area contributed by atoms with E-state index in [4.69, 9.17) is 16.3 Å². The zero-order valence-corrected chi connectivity index (χ0v) is 15.9. The number of halogens is 1. The highest BCUT2D eigenvalue weighted by Crippen LogP contribution is 2.42. The maximum Gasteiger partial charge on any atom is 0.295 e. The number of ketones is 1. The Morgan fingerprint density at radius 2 is 1.82 bits per heavy atom. The number of ether oxygens (including phenoxy) is 1. The Balaban J connectivity index is 1.84. The molecule has 2 aromatic rings. The zero-order chi connectivity index (χ0) is 19.7. The summed E-state index contributed by atoms with van der Waals surface area (Å²) in [6.45, 7) is 0.932. The number of likely N-dealkylation sites (tertiary alicyclic amines) is 1. The van der Waals surface area contributed by atoms with Gasteiger partial charge in [0.1, 0.15) is 5.76 Å². The predicted molar refractivity (Wildman–Crippen MR) is 106 cm³/mol. The standard InChI is InChI=1S/C22H20ClNO4/c23-17-11-5-4-10-16(17)19-18(20(25)14-7-2-1-3-8-14)21(26)22(27)24(19)13-15-9-6-12-28-15/h1-5,7-8,10-11,15,19,25H,6,9,12-13H2. The van der Waals surface area contributed by atoms with E-state index in [9.17, 15) is 14.7 Å². The SMILES string of the molecule is O=C1C(=O)N(CC2CCCO2)C(c2ccccc2Cl)C1=C(O)c1ccccc1. The van der Waals surface area contributed by atoms with Gasteiger partial charge in [-0.05, 0) is 24.5 Å². The Bertz CT molecular complexity index is 935. The third-order valence-electron chi connectivity index (χ3n) is 5.21. The van der Waals surface area contributed by atoms with Gasteiger partial charge in [0, 0.05) is 23.7 Å². The van der Waals surface area contributed by atoms with Crippen LogP contribution >= 0.6 is 11.6 Å². The van der Waals surface area contributed by atoms with Crippen molar-refractivity contribution in [3.05, 3.63) is 76.3 Å². The molecule has 6 heteroatoms. The third-order valence-corrected chi connectivity index (χ3v) is 5.56. The van der Waals surface area contributed by atoms with Crippen LogP contribution in [0.1, 0.15) is 30.0 Å². The first-order chi connectivity index (χ1) is 13.6. The van der Waals surface area contributed by atoms with Gasteiger partial charge in [0.05, 0.1) is 17.7 Å². The summed E-state index contributed by atoms with van der Waals surface area (Å²) in [5, 5.41) is 11.4. The van der Waals surface area contributed by atoms with Crippen molar-refractivity contribution in [1.29, 1.82) is 0 Å². The Labute approximate surface area is 168 Å². The van der Waals surface area contributed by atoms with Crippen molar-refractivity contribution in [2.45, 2.75) is 25.0 Å². The number of Topliss-reactive ketones (excluding diaryl/α,β-unsaturated/α-hetero) is 1. The van der Waals surface area contributed by atoms with Gasteiger partial charge in [-0.25, -0.2) is 0 Å². The van der Waals surface area contributed by atoms with Gasteiger partial charge >= 0.3 is 0 Å². The topological polar surface area (TPSA) is 66.8 Å². The van der Waals surface area contributed by atoms with E-state index in [2.05, 4.69) is 0 Å². The van der Waals surface area contributed by atoms with E-state index in [0.717, 1.165) is 12.8 Å². The van der Waals surface area contributed by atoms with E-state index in [-0.39, 0.29) is 24.0 Å². The van der Waals surface area contributed by atoms with Gasteiger partial charge in [0.25, 0.3) is 11.7 Å². The summed E-state index contributed by atoms with van der Waals surface area (Å²) in [5.41, 5.74) is 1.15. The van der Waals surface area contributed by atoms with E-state index in [1.54, 1.807) is 48.5 Å². The van der Waals surface area contributed by atoms with Crippen molar-refractivity contribution in [2.75, 3.05) is 13.2 Å². The molecule has 2 fully saturated rings. The molecule has 1 amide bonds. The van der Waals surface area contributed by atoms with Crippen LogP contribution < -0.4 is 0 Å². The molecule has 2 aliphatic heterocycles. The van der Waals surface area contributed by atoms with Crippen LogP contribution in [-0.4, -0.2) is 41.0 Å². The van der Waals surface area contributed by atoms with Crippen LogP contribution in [0, 0.1) is 0 Å². The van der Waals surface area contributed by atoms with Crippen molar-refractivity contribution < 1.29 is 19.4 Å². The molecule has 2 atom stereocenters. The maximum atomic E-state index is 12.9.